The second kappa shape index (κ2) is 4.78. The van der Waals surface area contributed by atoms with E-state index in [-0.39, 0.29) is 11.6 Å². The van der Waals surface area contributed by atoms with Crippen LogP contribution in [-0.2, 0) is 11.3 Å². The lowest BCUT2D eigenvalue weighted by molar-refractivity contribution is 0.0880. The highest BCUT2D eigenvalue weighted by atomic mass is 16.5. The minimum absolute atomic E-state index is 0.0849. The first-order valence-corrected chi connectivity index (χ1v) is 6.42. The molecule has 0 amide bonds. The maximum Gasteiger partial charge on any atom is 0.0762 e. The molecule has 1 saturated heterocycles. The van der Waals surface area contributed by atoms with Crippen LogP contribution in [0.25, 0.3) is 0 Å². The smallest absolute Gasteiger partial charge is 0.0762 e. The van der Waals surface area contributed by atoms with Crippen LogP contribution >= 0.6 is 0 Å². The molecular weight excluding hydrogens is 214 g/mol. The first-order valence-electron chi connectivity index (χ1n) is 6.42. The lowest BCUT2D eigenvalue weighted by Crippen LogP contribution is -2.47. The fraction of sp³-hybridized carbons (Fsp3) is 0.769. The average molecular weight is 237 g/mol. The van der Waals surface area contributed by atoms with Gasteiger partial charge in [-0.15, -0.1) is 0 Å². The standard InChI is InChI=1S/C13H23N3O/c1-10(2)16-7-5-12(15-16)9-14-13(4)6-8-17-11(13)3/h5,7,10-11,14H,6,8-9H2,1-4H3. The number of nitrogens with zero attached hydrogens (tertiary/aromatic N) is 2. The first-order chi connectivity index (χ1) is 8.01. The zero-order valence-corrected chi connectivity index (χ0v) is 11.2. The van der Waals surface area contributed by atoms with Gasteiger partial charge in [0, 0.05) is 30.9 Å². The van der Waals surface area contributed by atoms with Crippen LogP contribution in [0.3, 0.4) is 0 Å². The van der Waals surface area contributed by atoms with E-state index in [4.69, 9.17) is 4.74 Å². The first kappa shape index (κ1) is 12.6. The number of aromatic nitrogens is 2. The molecule has 17 heavy (non-hydrogen) atoms. The molecule has 0 spiro atoms. The van der Waals surface area contributed by atoms with E-state index >= 15 is 0 Å². The Hall–Kier alpha value is -0.870. The Kier molecular flexibility index (Phi) is 3.54. The molecule has 1 N–H and O–H groups in total. The molecule has 2 rings (SSSR count). The molecule has 0 aromatic carbocycles. The number of hydrogen-bond acceptors (Lipinski definition) is 3. The lowest BCUT2D eigenvalue weighted by atomic mass is 9.95. The minimum Gasteiger partial charge on any atom is -0.377 e. The van der Waals surface area contributed by atoms with Crippen LogP contribution in [0.1, 0.15) is 45.9 Å². The van der Waals surface area contributed by atoms with Gasteiger partial charge in [0.25, 0.3) is 0 Å². The molecule has 0 aliphatic carbocycles. The molecule has 2 atom stereocenters. The molecule has 1 aliphatic rings. The van der Waals surface area contributed by atoms with Crippen LogP contribution in [0.5, 0.6) is 0 Å². The number of nitrogens with one attached hydrogen (secondary N) is 1. The van der Waals surface area contributed by atoms with Gasteiger partial charge >= 0.3 is 0 Å². The Balaban J connectivity index is 1.93. The van der Waals surface area contributed by atoms with Crippen molar-refractivity contribution in [2.75, 3.05) is 6.61 Å². The van der Waals surface area contributed by atoms with E-state index in [2.05, 4.69) is 44.2 Å². The molecule has 0 saturated carbocycles. The molecule has 4 heteroatoms. The van der Waals surface area contributed by atoms with E-state index < -0.39 is 0 Å². The van der Waals surface area contributed by atoms with Crippen molar-refractivity contribution in [2.45, 2.75) is 58.3 Å². The lowest BCUT2D eigenvalue weighted by Gasteiger charge is -2.28. The Morgan fingerprint density at radius 2 is 2.41 bits per heavy atom. The highest BCUT2D eigenvalue weighted by Gasteiger charge is 2.36. The number of hydrogen-bond donors (Lipinski definition) is 1. The van der Waals surface area contributed by atoms with Crippen LogP contribution in [0, 0.1) is 0 Å². The summed E-state index contributed by atoms with van der Waals surface area (Å²) in [6.07, 6.45) is 3.38. The van der Waals surface area contributed by atoms with E-state index in [9.17, 15) is 0 Å². The predicted octanol–water partition coefficient (Wildman–Crippen LogP) is 2.12. The van der Waals surface area contributed by atoms with Gasteiger partial charge < -0.3 is 10.1 Å². The number of rotatable bonds is 4. The van der Waals surface area contributed by atoms with Gasteiger partial charge in [0.05, 0.1) is 11.8 Å². The van der Waals surface area contributed by atoms with Gasteiger partial charge in [-0.25, -0.2) is 0 Å². The Labute approximate surface area is 103 Å². The van der Waals surface area contributed by atoms with Crippen molar-refractivity contribution in [3.63, 3.8) is 0 Å². The average Bonchev–Trinajstić information content (AvgIpc) is 2.85. The Bertz CT molecular complexity index is 374. The van der Waals surface area contributed by atoms with Crippen molar-refractivity contribution < 1.29 is 4.74 Å². The quantitative estimate of drug-likeness (QED) is 0.872. The summed E-state index contributed by atoms with van der Waals surface area (Å²) in [6.45, 7) is 10.3. The van der Waals surface area contributed by atoms with Crippen LogP contribution in [0.4, 0.5) is 0 Å². The third kappa shape index (κ3) is 2.69. The fourth-order valence-corrected chi connectivity index (χ4v) is 2.12. The Morgan fingerprint density at radius 1 is 1.65 bits per heavy atom. The summed E-state index contributed by atoms with van der Waals surface area (Å²) >= 11 is 0. The minimum atomic E-state index is 0.0849. The third-order valence-electron chi connectivity index (χ3n) is 3.75. The summed E-state index contributed by atoms with van der Waals surface area (Å²) in [4.78, 5) is 0. The zero-order chi connectivity index (χ0) is 12.5. The van der Waals surface area contributed by atoms with Gasteiger partial charge in [-0.1, -0.05) is 0 Å². The van der Waals surface area contributed by atoms with Gasteiger partial charge in [-0.2, -0.15) is 5.10 Å². The monoisotopic (exact) mass is 237 g/mol. The van der Waals surface area contributed by atoms with Crippen molar-refractivity contribution >= 4 is 0 Å². The van der Waals surface area contributed by atoms with Crippen molar-refractivity contribution in [1.29, 1.82) is 0 Å². The van der Waals surface area contributed by atoms with E-state index in [0.29, 0.717) is 6.04 Å². The predicted molar refractivity (Wildman–Crippen MR) is 67.9 cm³/mol. The summed E-state index contributed by atoms with van der Waals surface area (Å²) in [5.41, 5.74) is 1.18. The summed E-state index contributed by atoms with van der Waals surface area (Å²) in [6, 6.07) is 2.50. The highest BCUT2D eigenvalue weighted by Crippen LogP contribution is 2.25. The second-order valence-electron chi connectivity index (χ2n) is 5.41. The fourth-order valence-electron chi connectivity index (χ4n) is 2.12. The molecule has 1 aromatic heterocycles. The maximum atomic E-state index is 5.61. The summed E-state index contributed by atoms with van der Waals surface area (Å²) in [5.74, 6) is 0. The molecule has 2 heterocycles. The summed E-state index contributed by atoms with van der Waals surface area (Å²) in [7, 11) is 0. The molecule has 1 aromatic rings. The molecule has 1 fully saturated rings. The van der Waals surface area contributed by atoms with Gasteiger partial charge in [0.2, 0.25) is 0 Å². The van der Waals surface area contributed by atoms with Gasteiger partial charge in [0.1, 0.15) is 0 Å². The molecule has 1 aliphatic heterocycles. The van der Waals surface area contributed by atoms with Crippen LogP contribution in [0.2, 0.25) is 0 Å². The van der Waals surface area contributed by atoms with Gasteiger partial charge in [-0.3, -0.25) is 4.68 Å². The molecular formula is C13H23N3O. The van der Waals surface area contributed by atoms with Crippen molar-refractivity contribution in [1.82, 2.24) is 15.1 Å². The molecule has 96 valence electrons. The summed E-state index contributed by atoms with van der Waals surface area (Å²) < 4.78 is 7.61. The Morgan fingerprint density at radius 3 is 2.94 bits per heavy atom. The van der Waals surface area contributed by atoms with Crippen LogP contribution < -0.4 is 5.32 Å². The van der Waals surface area contributed by atoms with Gasteiger partial charge in [0.15, 0.2) is 0 Å². The normalized spacial score (nSPS) is 29.1. The van der Waals surface area contributed by atoms with Crippen molar-refractivity contribution in [3.05, 3.63) is 18.0 Å². The SMILES string of the molecule is CC(C)n1ccc(CNC2(C)CCOC2C)n1. The molecule has 4 nitrogen and oxygen atoms in total. The number of ether oxygens (including phenoxy) is 1. The highest BCUT2D eigenvalue weighted by molar-refractivity contribution is 5.02. The zero-order valence-electron chi connectivity index (χ0n) is 11.2. The van der Waals surface area contributed by atoms with E-state index in [0.717, 1.165) is 25.3 Å². The summed E-state index contributed by atoms with van der Waals surface area (Å²) in [5, 5.41) is 8.12. The van der Waals surface area contributed by atoms with Crippen molar-refractivity contribution in [2.24, 2.45) is 0 Å². The molecule has 0 radical (unpaired) electrons. The largest absolute Gasteiger partial charge is 0.377 e. The van der Waals surface area contributed by atoms with Crippen LogP contribution in [-0.4, -0.2) is 28.0 Å². The van der Waals surface area contributed by atoms with Crippen molar-refractivity contribution in [3.8, 4) is 0 Å². The van der Waals surface area contributed by atoms with E-state index in [1.165, 1.54) is 0 Å². The third-order valence-corrected chi connectivity index (χ3v) is 3.75. The van der Waals surface area contributed by atoms with Crippen LogP contribution in [0.15, 0.2) is 12.3 Å². The molecule has 0 bridgehead atoms. The molecule has 2 unspecified atom stereocenters. The van der Waals surface area contributed by atoms with Gasteiger partial charge in [-0.05, 0) is 40.2 Å². The maximum absolute atomic E-state index is 5.61. The van der Waals surface area contributed by atoms with E-state index in [1.807, 2.05) is 10.9 Å². The topological polar surface area (TPSA) is 39.1 Å². The second-order valence-corrected chi connectivity index (χ2v) is 5.41. The van der Waals surface area contributed by atoms with E-state index in [1.54, 1.807) is 0 Å².